The van der Waals surface area contributed by atoms with Gasteiger partial charge < -0.3 is 20.4 Å². The molecule has 0 saturated heterocycles. The number of likely N-dealkylation sites (N-methyl/N-ethyl adjacent to an activating group) is 2. The van der Waals surface area contributed by atoms with E-state index in [0.717, 1.165) is 24.5 Å². The second-order valence-corrected chi connectivity index (χ2v) is 11.2. The van der Waals surface area contributed by atoms with Crippen LogP contribution in [0.15, 0.2) is 60.7 Å². The van der Waals surface area contributed by atoms with Crippen LogP contribution in [0.5, 0.6) is 0 Å². The van der Waals surface area contributed by atoms with Crippen LogP contribution in [-0.2, 0) is 0 Å². The smallest absolute Gasteiger partial charge is 0.684 e. The first-order valence-corrected chi connectivity index (χ1v) is 11.7. The summed E-state index contributed by atoms with van der Waals surface area (Å²) in [5.74, 6) is 0. The third-order valence-corrected chi connectivity index (χ3v) is 4.04. The summed E-state index contributed by atoms with van der Waals surface area (Å²) in [6, 6.07) is 20.2. The van der Waals surface area contributed by atoms with Gasteiger partial charge in [-0.2, -0.15) is 0 Å². The van der Waals surface area contributed by atoms with Crippen molar-refractivity contribution in [1.29, 1.82) is 0 Å². The molecule has 0 fully saturated rings. The number of nitrogens with one attached hydrogen (secondary N) is 1. The molecule has 0 aliphatic carbocycles. The van der Waals surface area contributed by atoms with E-state index in [4.69, 9.17) is 0 Å². The summed E-state index contributed by atoms with van der Waals surface area (Å²) in [7, 11) is 8.54. The van der Waals surface area contributed by atoms with Crippen LogP contribution in [0.3, 0.4) is 0 Å². The zero-order chi connectivity index (χ0) is 24.6. The zero-order valence-corrected chi connectivity index (χ0v) is 24.4. The van der Waals surface area contributed by atoms with Crippen molar-refractivity contribution < 1.29 is 42.6 Å². The van der Waals surface area contributed by atoms with Crippen LogP contribution in [0.2, 0.25) is 0 Å². The van der Waals surface area contributed by atoms with E-state index in [1.807, 2.05) is 60.7 Å². The Morgan fingerprint density at radius 2 is 0.971 bits per heavy atom. The molecule has 0 saturated carbocycles. The molecule has 4 nitrogen and oxygen atoms in total. The van der Waals surface area contributed by atoms with E-state index >= 15 is 0 Å². The Morgan fingerprint density at radius 1 is 0.647 bits per heavy atom. The number of hydrogen-bond acceptors (Lipinski definition) is 1. The maximum atomic E-state index is 4.48. The van der Waals surface area contributed by atoms with Gasteiger partial charge in [0.2, 0.25) is 0 Å². The van der Waals surface area contributed by atoms with Gasteiger partial charge in [-0.25, -0.2) is 0 Å². The molecule has 0 heterocycles. The number of hydrogen-bond donors (Lipinski definition) is 1. The molecule has 0 aliphatic heterocycles. The van der Waals surface area contributed by atoms with Crippen LogP contribution in [0, 0.1) is 10.8 Å². The molecule has 2 aromatic carbocycles. The second kappa shape index (κ2) is 20.4. The summed E-state index contributed by atoms with van der Waals surface area (Å²) in [6.45, 7) is 17.3. The standard InChI is InChI=1S/2C11H16N.C6H16N2.2Li/c2*1-11(2,3)9-12-10-7-5-4-6-8-10;1-7(2)5-6-8(3)4;;/h2*4-8H,9H2,1-3H3;5-6H2,1-4H3;;/q2*-1;;2*+1/p+1. The molecule has 0 radical (unpaired) electrons. The van der Waals surface area contributed by atoms with Gasteiger partial charge in [0, 0.05) is 6.54 Å². The van der Waals surface area contributed by atoms with Crippen LogP contribution >= 0.6 is 0 Å². The molecule has 0 amide bonds. The maximum absolute atomic E-state index is 4.48. The molecule has 2 rings (SSSR count). The van der Waals surface area contributed by atoms with E-state index < -0.39 is 0 Å². The normalized spacial score (nSPS) is 10.6. The van der Waals surface area contributed by atoms with Crippen molar-refractivity contribution >= 4 is 11.4 Å². The molecule has 34 heavy (non-hydrogen) atoms. The monoisotopic (exact) mass is 455 g/mol. The maximum Gasteiger partial charge on any atom is 1.00 e. The van der Waals surface area contributed by atoms with Gasteiger partial charge in [0.05, 0.1) is 20.6 Å². The SMILES string of the molecule is CC(C)(C)C[N-]c1ccccc1.CC(C)(C)C[N-]c1ccccc1.CN(C)CC[NH+](C)C.[Li+].[Li+]. The molecule has 2 aromatic rings. The minimum absolute atomic E-state index is 0. The predicted molar refractivity (Wildman–Crippen MR) is 144 cm³/mol. The van der Waals surface area contributed by atoms with E-state index in [0.29, 0.717) is 0 Å². The van der Waals surface area contributed by atoms with Crippen molar-refractivity contribution in [2.45, 2.75) is 41.5 Å². The van der Waals surface area contributed by atoms with Crippen molar-refractivity contribution in [3.63, 3.8) is 0 Å². The number of rotatable bonds is 7. The fourth-order valence-electron chi connectivity index (χ4n) is 2.17. The van der Waals surface area contributed by atoms with E-state index in [-0.39, 0.29) is 48.6 Å². The molecule has 0 aliphatic rings. The molecule has 0 aromatic heterocycles. The largest absolute Gasteiger partial charge is 1.00 e. The number of quaternary nitrogens is 1. The third-order valence-electron chi connectivity index (χ3n) is 4.04. The van der Waals surface area contributed by atoms with E-state index in [2.05, 4.69) is 85.3 Å². The molecule has 6 heteroatoms. The molecule has 1 N–H and O–H groups in total. The Bertz CT molecular complexity index is 618. The Labute approximate surface area is 236 Å². The van der Waals surface area contributed by atoms with Crippen LogP contribution in [0.1, 0.15) is 41.5 Å². The Kier molecular flexibility index (Phi) is 22.6. The first-order chi connectivity index (χ1) is 14.8. The fraction of sp³-hybridized carbons (Fsp3) is 0.571. The van der Waals surface area contributed by atoms with E-state index in [1.165, 1.54) is 18.0 Å². The van der Waals surface area contributed by atoms with Crippen molar-refractivity contribution in [1.82, 2.24) is 4.90 Å². The number of benzene rings is 2. The average Bonchev–Trinajstić information content (AvgIpc) is 2.71. The van der Waals surface area contributed by atoms with Crippen LogP contribution < -0.4 is 42.6 Å². The molecule has 0 unspecified atom stereocenters. The molecule has 182 valence electrons. The molecular weight excluding hydrogens is 406 g/mol. The molecular formula is C28H49Li2N4+. The van der Waals surface area contributed by atoms with E-state index in [9.17, 15) is 0 Å². The summed E-state index contributed by atoms with van der Waals surface area (Å²) in [5.41, 5.74) is 2.73. The first-order valence-electron chi connectivity index (χ1n) is 11.7. The average molecular weight is 456 g/mol. The van der Waals surface area contributed by atoms with Gasteiger partial charge >= 0.3 is 37.7 Å². The first kappa shape index (κ1) is 37.7. The van der Waals surface area contributed by atoms with E-state index in [1.54, 1.807) is 0 Å². The summed E-state index contributed by atoms with van der Waals surface area (Å²) in [6.07, 6.45) is 0. The summed E-state index contributed by atoms with van der Waals surface area (Å²) in [5, 5.41) is 8.96. The van der Waals surface area contributed by atoms with Gasteiger partial charge in [0.25, 0.3) is 0 Å². The predicted octanol–water partition coefficient (Wildman–Crippen LogP) is 0.176. The summed E-state index contributed by atoms with van der Waals surface area (Å²) in [4.78, 5) is 3.71. The number of nitrogens with zero attached hydrogens (tertiary/aromatic N) is 3. The second-order valence-electron chi connectivity index (χ2n) is 11.2. The van der Waals surface area contributed by atoms with Crippen molar-refractivity contribution in [2.75, 3.05) is 54.4 Å². The minimum Gasteiger partial charge on any atom is -0.684 e. The summed E-state index contributed by atoms with van der Waals surface area (Å²) < 4.78 is 0. The third kappa shape index (κ3) is 27.4. The Hall–Kier alpha value is -0.845. The quantitative estimate of drug-likeness (QED) is 0.594. The van der Waals surface area contributed by atoms with Crippen molar-refractivity contribution in [3.05, 3.63) is 71.3 Å². The van der Waals surface area contributed by atoms with Gasteiger partial charge in [-0.1, -0.05) is 113 Å². The van der Waals surface area contributed by atoms with Crippen molar-refractivity contribution in [3.8, 4) is 0 Å². The van der Waals surface area contributed by atoms with Gasteiger partial charge in [0.15, 0.2) is 0 Å². The van der Waals surface area contributed by atoms with Gasteiger partial charge in [-0.3, -0.25) is 0 Å². The van der Waals surface area contributed by atoms with Crippen LogP contribution in [0.4, 0.5) is 11.4 Å². The van der Waals surface area contributed by atoms with Gasteiger partial charge in [-0.05, 0) is 14.1 Å². The zero-order valence-electron chi connectivity index (χ0n) is 24.4. The van der Waals surface area contributed by atoms with Crippen LogP contribution in [0.25, 0.3) is 10.6 Å². The summed E-state index contributed by atoms with van der Waals surface area (Å²) >= 11 is 0. The molecule has 0 bridgehead atoms. The van der Waals surface area contributed by atoms with Gasteiger partial charge in [0.1, 0.15) is 0 Å². The number of para-hydroxylation sites is 2. The molecule has 0 spiro atoms. The Morgan fingerprint density at radius 3 is 1.18 bits per heavy atom. The molecule has 0 atom stereocenters. The van der Waals surface area contributed by atoms with Crippen LogP contribution in [-0.4, -0.2) is 59.3 Å². The van der Waals surface area contributed by atoms with Gasteiger partial charge in [-0.15, -0.1) is 24.5 Å². The minimum atomic E-state index is 0. The van der Waals surface area contributed by atoms with Crippen molar-refractivity contribution in [2.24, 2.45) is 10.8 Å². The fourth-order valence-corrected chi connectivity index (χ4v) is 2.17. The topological polar surface area (TPSA) is 35.9 Å². The Balaban J connectivity index is -0.000000422.